The van der Waals surface area contributed by atoms with E-state index < -0.39 is 8.32 Å². The van der Waals surface area contributed by atoms with E-state index in [0.29, 0.717) is 22.5 Å². The SMILES string of the molecule is CC(C)[Si](OCC1CCC(O)CC1)(C(C)C)C(C)C. The topological polar surface area (TPSA) is 29.5 Å². The Morgan fingerprint density at radius 1 is 0.895 bits per heavy atom. The molecule has 0 aromatic heterocycles. The Labute approximate surface area is 121 Å². The highest BCUT2D eigenvalue weighted by Gasteiger charge is 2.45. The van der Waals surface area contributed by atoms with Crippen molar-refractivity contribution in [2.24, 2.45) is 5.92 Å². The van der Waals surface area contributed by atoms with E-state index in [9.17, 15) is 5.11 Å². The van der Waals surface area contributed by atoms with Crippen LogP contribution in [0.2, 0.25) is 16.6 Å². The molecule has 0 aromatic rings. The lowest BCUT2D eigenvalue weighted by Crippen LogP contribution is -2.48. The molecule has 0 unspecified atom stereocenters. The van der Waals surface area contributed by atoms with Gasteiger partial charge in [-0.1, -0.05) is 41.5 Å². The molecule has 3 heteroatoms. The maximum absolute atomic E-state index is 9.59. The van der Waals surface area contributed by atoms with Crippen LogP contribution in [0.1, 0.15) is 67.2 Å². The summed E-state index contributed by atoms with van der Waals surface area (Å²) in [5.41, 5.74) is 2.00. The van der Waals surface area contributed by atoms with Crippen LogP contribution in [0.3, 0.4) is 0 Å². The summed E-state index contributed by atoms with van der Waals surface area (Å²) in [7, 11) is -1.69. The van der Waals surface area contributed by atoms with Gasteiger partial charge in [0.1, 0.15) is 0 Å². The first kappa shape index (κ1) is 17.2. The Hall–Kier alpha value is 0.137. The van der Waals surface area contributed by atoms with Crippen LogP contribution in [0, 0.1) is 5.92 Å². The molecule has 114 valence electrons. The van der Waals surface area contributed by atoms with Crippen LogP contribution in [0.15, 0.2) is 0 Å². The van der Waals surface area contributed by atoms with Crippen molar-refractivity contribution in [2.45, 2.75) is 90.0 Å². The van der Waals surface area contributed by atoms with E-state index in [0.717, 1.165) is 32.3 Å². The lowest BCUT2D eigenvalue weighted by molar-refractivity contribution is 0.0880. The first-order valence-electron chi connectivity index (χ1n) is 8.12. The van der Waals surface area contributed by atoms with Gasteiger partial charge < -0.3 is 9.53 Å². The molecular weight excluding hydrogens is 252 g/mol. The highest BCUT2D eigenvalue weighted by molar-refractivity contribution is 6.77. The molecule has 0 amide bonds. The summed E-state index contributed by atoms with van der Waals surface area (Å²) < 4.78 is 6.65. The van der Waals surface area contributed by atoms with E-state index in [-0.39, 0.29) is 6.10 Å². The molecule has 0 bridgehead atoms. The average molecular weight is 287 g/mol. The van der Waals surface area contributed by atoms with Crippen molar-refractivity contribution in [3.63, 3.8) is 0 Å². The molecule has 1 aliphatic rings. The van der Waals surface area contributed by atoms with E-state index >= 15 is 0 Å². The molecule has 1 N–H and O–H groups in total. The van der Waals surface area contributed by atoms with Crippen LogP contribution in [0.5, 0.6) is 0 Å². The van der Waals surface area contributed by atoms with Gasteiger partial charge in [-0.3, -0.25) is 0 Å². The van der Waals surface area contributed by atoms with E-state index in [1.54, 1.807) is 0 Å². The minimum atomic E-state index is -1.69. The molecular formula is C16H34O2Si. The van der Waals surface area contributed by atoms with Crippen molar-refractivity contribution in [1.82, 2.24) is 0 Å². The monoisotopic (exact) mass is 286 g/mol. The van der Waals surface area contributed by atoms with E-state index in [2.05, 4.69) is 41.5 Å². The van der Waals surface area contributed by atoms with Gasteiger partial charge in [0.25, 0.3) is 0 Å². The Bertz CT molecular complexity index is 234. The Kier molecular flexibility index (Phi) is 6.54. The zero-order chi connectivity index (χ0) is 14.6. The van der Waals surface area contributed by atoms with Crippen LogP contribution in [-0.4, -0.2) is 26.1 Å². The number of rotatable bonds is 6. The highest BCUT2D eigenvalue weighted by Crippen LogP contribution is 2.43. The fourth-order valence-electron chi connectivity index (χ4n) is 4.07. The summed E-state index contributed by atoms with van der Waals surface area (Å²) in [4.78, 5) is 0. The van der Waals surface area contributed by atoms with Gasteiger partial charge in [0.05, 0.1) is 6.10 Å². The fourth-order valence-corrected chi connectivity index (χ4v) is 9.60. The first-order valence-corrected chi connectivity index (χ1v) is 10.3. The Balaban J connectivity index is 2.63. The smallest absolute Gasteiger partial charge is 0.200 e. The molecule has 1 aliphatic carbocycles. The van der Waals surface area contributed by atoms with Gasteiger partial charge in [0.15, 0.2) is 8.32 Å². The zero-order valence-corrected chi connectivity index (χ0v) is 14.8. The van der Waals surface area contributed by atoms with Gasteiger partial charge >= 0.3 is 0 Å². The summed E-state index contributed by atoms with van der Waals surface area (Å²) in [6, 6.07) is 0. The minimum Gasteiger partial charge on any atom is -0.416 e. The third-order valence-electron chi connectivity index (χ3n) is 5.09. The molecule has 1 rings (SSSR count). The number of aliphatic hydroxyl groups excluding tert-OH is 1. The third-order valence-corrected chi connectivity index (χ3v) is 11.2. The molecule has 0 aliphatic heterocycles. The maximum Gasteiger partial charge on any atom is 0.200 e. The van der Waals surface area contributed by atoms with Gasteiger partial charge in [0.2, 0.25) is 0 Å². The second-order valence-electron chi connectivity index (χ2n) is 7.30. The molecule has 0 heterocycles. The predicted molar refractivity (Wildman–Crippen MR) is 85.0 cm³/mol. The molecule has 0 spiro atoms. The van der Waals surface area contributed by atoms with Crippen LogP contribution in [0.25, 0.3) is 0 Å². The van der Waals surface area contributed by atoms with E-state index in [1.165, 1.54) is 0 Å². The summed E-state index contributed by atoms with van der Waals surface area (Å²) in [5, 5.41) is 9.59. The summed E-state index contributed by atoms with van der Waals surface area (Å²) in [6.07, 6.45) is 4.15. The van der Waals surface area contributed by atoms with Crippen molar-refractivity contribution in [3.8, 4) is 0 Å². The van der Waals surface area contributed by atoms with Gasteiger partial charge in [-0.15, -0.1) is 0 Å². The number of hydrogen-bond acceptors (Lipinski definition) is 2. The fraction of sp³-hybridized carbons (Fsp3) is 1.00. The van der Waals surface area contributed by atoms with Gasteiger partial charge in [-0.05, 0) is 48.2 Å². The lowest BCUT2D eigenvalue weighted by atomic mass is 9.88. The first-order chi connectivity index (χ1) is 8.80. The molecule has 2 nitrogen and oxygen atoms in total. The molecule has 1 fully saturated rings. The molecule has 19 heavy (non-hydrogen) atoms. The Morgan fingerprint density at radius 2 is 1.32 bits per heavy atom. The van der Waals surface area contributed by atoms with Gasteiger partial charge in [0, 0.05) is 6.61 Å². The standard InChI is InChI=1S/C16H34O2Si/c1-12(2)19(13(3)4,14(5)6)18-11-15-7-9-16(17)10-8-15/h12-17H,7-11H2,1-6H3. The second-order valence-corrected chi connectivity index (χ2v) is 12.8. The number of aliphatic hydroxyl groups is 1. The average Bonchev–Trinajstić information content (AvgIpc) is 2.30. The van der Waals surface area contributed by atoms with Crippen LogP contribution < -0.4 is 0 Å². The summed E-state index contributed by atoms with van der Waals surface area (Å²) in [5.74, 6) is 0.673. The van der Waals surface area contributed by atoms with Gasteiger partial charge in [-0.2, -0.15) is 0 Å². The Morgan fingerprint density at radius 3 is 1.68 bits per heavy atom. The summed E-state index contributed by atoms with van der Waals surface area (Å²) in [6.45, 7) is 15.0. The molecule has 0 radical (unpaired) electrons. The van der Waals surface area contributed by atoms with Crippen LogP contribution in [0.4, 0.5) is 0 Å². The second kappa shape index (κ2) is 7.23. The minimum absolute atomic E-state index is 0.0569. The van der Waals surface area contributed by atoms with Crippen molar-refractivity contribution < 1.29 is 9.53 Å². The van der Waals surface area contributed by atoms with E-state index in [4.69, 9.17) is 4.43 Å². The van der Waals surface area contributed by atoms with E-state index in [1.807, 2.05) is 0 Å². The van der Waals surface area contributed by atoms with Crippen LogP contribution in [-0.2, 0) is 4.43 Å². The van der Waals surface area contributed by atoms with Crippen LogP contribution >= 0.6 is 0 Å². The molecule has 1 saturated carbocycles. The lowest BCUT2D eigenvalue weighted by Gasteiger charge is -2.43. The summed E-state index contributed by atoms with van der Waals surface area (Å²) >= 11 is 0. The van der Waals surface area contributed by atoms with Crippen molar-refractivity contribution >= 4 is 8.32 Å². The molecule has 0 saturated heterocycles. The maximum atomic E-state index is 9.59. The van der Waals surface area contributed by atoms with Gasteiger partial charge in [-0.25, -0.2) is 0 Å². The largest absolute Gasteiger partial charge is 0.416 e. The van der Waals surface area contributed by atoms with Crippen molar-refractivity contribution in [1.29, 1.82) is 0 Å². The molecule has 0 atom stereocenters. The zero-order valence-electron chi connectivity index (χ0n) is 13.8. The number of hydrogen-bond donors (Lipinski definition) is 1. The predicted octanol–water partition coefficient (Wildman–Crippen LogP) is 4.73. The molecule has 0 aromatic carbocycles. The van der Waals surface area contributed by atoms with Crippen molar-refractivity contribution in [3.05, 3.63) is 0 Å². The highest BCUT2D eigenvalue weighted by atomic mass is 28.4. The third kappa shape index (κ3) is 4.05. The van der Waals surface area contributed by atoms with Crippen molar-refractivity contribution in [2.75, 3.05) is 6.61 Å². The quantitative estimate of drug-likeness (QED) is 0.715. The normalized spacial score (nSPS) is 25.6.